The van der Waals surface area contributed by atoms with Gasteiger partial charge in [0, 0.05) is 39.1 Å². The molecule has 2 aromatic rings. The first kappa shape index (κ1) is 26.5. The van der Waals surface area contributed by atoms with E-state index in [1.54, 1.807) is 16.8 Å². The molecule has 12 heteroatoms. The van der Waals surface area contributed by atoms with Gasteiger partial charge >= 0.3 is 11.9 Å². The molecular weight excluding hydrogens is 492 g/mol. The second kappa shape index (κ2) is 10.6. The molecule has 0 unspecified atom stereocenters. The van der Waals surface area contributed by atoms with Crippen LogP contribution in [-0.4, -0.2) is 99.3 Å². The lowest BCUT2D eigenvalue weighted by molar-refractivity contribution is -0.165. The van der Waals surface area contributed by atoms with Crippen molar-refractivity contribution in [1.82, 2.24) is 24.3 Å². The van der Waals surface area contributed by atoms with Crippen LogP contribution in [0.2, 0.25) is 0 Å². The standard InChI is InChI=1S/C26H36N6O6/c1-16(33)29-23-19-6-11-32(24(19)28-15-27-23)25-22(37-18(3)35)21(36-17(2)34)20(38-25)14-31-10-5-7-26(31)8-12-30(4)13-9-26/h6,11,15,20-22,25H,5,7-10,12-14H2,1-4H3,(H,27,28,29,33)/t20-,21-,22-,25-/m1/s1. The molecule has 0 aromatic carbocycles. The monoisotopic (exact) mass is 528 g/mol. The average Bonchev–Trinajstić information content (AvgIpc) is 3.53. The minimum absolute atomic E-state index is 0.103. The van der Waals surface area contributed by atoms with Crippen LogP contribution in [0, 0.1) is 0 Å². The summed E-state index contributed by atoms with van der Waals surface area (Å²) >= 11 is 0. The Hall–Kier alpha value is -3.09. The zero-order chi connectivity index (χ0) is 27.0. The minimum atomic E-state index is -0.882. The first-order chi connectivity index (χ1) is 18.2. The molecule has 1 N–H and O–H groups in total. The van der Waals surface area contributed by atoms with Gasteiger partial charge in [0.1, 0.15) is 23.9 Å². The molecule has 206 valence electrons. The van der Waals surface area contributed by atoms with Gasteiger partial charge in [0.2, 0.25) is 5.91 Å². The van der Waals surface area contributed by atoms with Crippen molar-refractivity contribution in [2.24, 2.45) is 0 Å². The van der Waals surface area contributed by atoms with Crippen molar-refractivity contribution >= 4 is 34.7 Å². The van der Waals surface area contributed by atoms with Crippen LogP contribution >= 0.6 is 0 Å². The van der Waals surface area contributed by atoms with Crippen molar-refractivity contribution in [1.29, 1.82) is 0 Å². The highest BCUT2D eigenvalue weighted by Crippen LogP contribution is 2.42. The van der Waals surface area contributed by atoms with E-state index >= 15 is 0 Å². The first-order valence-electron chi connectivity index (χ1n) is 13.2. The molecule has 38 heavy (non-hydrogen) atoms. The number of carbonyl (C=O) groups excluding carboxylic acids is 3. The highest BCUT2D eigenvalue weighted by molar-refractivity contribution is 5.97. The van der Waals surface area contributed by atoms with E-state index in [0.29, 0.717) is 23.4 Å². The van der Waals surface area contributed by atoms with E-state index in [1.807, 2.05) is 0 Å². The maximum absolute atomic E-state index is 12.2. The van der Waals surface area contributed by atoms with Gasteiger partial charge in [-0.1, -0.05) is 0 Å². The summed E-state index contributed by atoms with van der Waals surface area (Å²) in [4.78, 5) is 49.5. The van der Waals surface area contributed by atoms with Crippen LogP contribution in [-0.2, 0) is 28.6 Å². The van der Waals surface area contributed by atoms with Gasteiger partial charge in [0.25, 0.3) is 0 Å². The van der Waals surface area contributed by atoms with Crippen LogP contribution < -0.4 is 5.32 Å². The van der Waals surface area contributed by atoms with Crippen LogP contribution in [0.15, 0.2) is 18.6 Å². The number of hydrogen-bond donors (Lipinski definition) is 1. The minimum Gasteiger partial charge on any atom is -0.456 e. The lowest BCUT2D eigenvalue weighted by Gasteiger charge is -2.45. The smallest absolute Gasteiger partial charge is 0.303 e. The van der Waals surface area contributed by atoms with E-state index in [0.717, 1.165) is 45.3 Å². The fraction of sp³-hybridized carbons (Fsp3) is 0.654. The van der Waals surface area contributed by atoms with Crippen LogP contribution in [0.3, 0.4) is 0 Å². The number of piperidine rings is 1. The molecular formula is C26H36N6O6. The number of amides is 1. The second-order valence-electron chi connectivity index (χ2n) is 10.7. The Bertz CT molecular complexity index is 1210. The lowest BCUT2D eigenvalue weighted by Crippen LogP contribution is -2.54. The van der Waals surface area contributed by atoms with Crippen LogP contribution in [0.4, 0.5) is 5.82 Å². The van der Waals surface area contributed by atoms with E-state index < -0.39 is 36.5 Å². The van der Waals surface area contributed by atoms with Gasteiger partial charge in [-0.05, 0) is 58.4 Å². The Kier molecular flexibility index (Phi) is 7.38. The predicted molar refractivity (Wildman–Crippen MR) is 137 cm³/mol. The van der Waals surface area contributed by atoms with Gasteiger partial charge in [0.05, 0.1) is 5.39 Å². The van der Waals surface area contributed by atoms with E-state index in [1.165, 1.54) is 27.1 Å². The fourth-order valence-electron chi connectivity index (χ4n) is 6.27. The van der Waals surface area contributed by atoms with Crippen molar-refractivity contribution in [2.75, 3.05) is 38.5 Å². The van der Waals surface area contributed by atoms with Gasteiger partial charge in [-0.3, -0.25) is 19.3 Å². The summed E-state index contributed by atoms with van der Waals surface area (Å²) in [6.07, 6.45) is 4.53. The maximum Gasteiger partial charge on any atom is 0.303 e. The third-order valence-electron chi connectivity index (χ3n) is 8.03. The van der Waals surface area contributed by atoms with Crippen molar-refractivity contribution in [3.63, 3.8) is 0 Å². The summed E-state index contributed by atoms with van der Waals surface area (Å²) in [7, 11) is 2.15. The largest absolute Gasteiger partial charge is 0.456 e. The number of likely N-dealkylation sites (tertiary alicyclic amines) is 2. The number of anilines is 1. The summed E-state index contributed by atoms with van der Waals surface area (Å²) in [5.41, 5.74) is 0.604. The highest BCUT2D eigenvalue weighted by atomic mass is 16.6. The number of rotatable bonds is 6. The summed E-state index contributed by atoms with van der Waals surface area (Å²) in [6, 6.07) is 1.77. The third kappa shape index (κ3) is 5.12. The van der Waals surface area contributed by atoms with Crippen molar-refractivity contribution < 1.29 is 28.6 Å². The average molecular weight is 529 g/mol. The number of fused-ring (bicyclic) bond motifs is 1. The van der Waals surface area contributed by atoms with Crippen LogP contribution in [0.5, 0.6) is 0 Å². The number of esters is 2. The molecule has 3 aliphatic heterocycles. The summed E-state index contributed by atoms with van der Waals surface area (Å²) in [6.45, 7) is 7.67. The normalized spacial score (nSPS) is 27.6. The number of nitrogens with zero attached hydrogens (tertiary/aromatic N) is 5. The number of hydrogen-bond acceptors (Lipinski definition) is 10. The van der Waals surface area contributed by atoms with E-state index in [9.17, 15) is 14.4 Å². The van der Waals surface area contributed by atoms with Gasteiger partial charge in [-0.15, -0.1) is 0 Å². The van der Waals surface area contributed by atoms with Gasteiger partial charge < -0.3 is 29.0 Å². The Morgan fingerprint density at radius 1 is 1.05 bits per heavy atom. The molecule has 3 saturated heterocycles. The van der Waals surface area contributed by atoms with Crippen molar-refractivity contribution in [2.45, 2.75) is 76.5 Å². The Morgan fingerprint density at radius 3 is 2.45 bits per heavy atom. The van der Waals surface area contributed by atoms with Gasteiger partial charge in [-0.25, -0.2) is 9.97 Å². The Morgan fingerprint density at radius 2 is 1.76 bits per heavy atom. The molecule has 5 heterocycles. The van der Waals surface area contributed by atoms with E-state index in [4.69, 9.17) is 14.2 Å². The molecule has 12 nitrogen and oxygen atoms in total. The molecule has 0 radical (unpaired) electrons. The maximum atomic E-state index is 12.2. The predicted octanol–water partition coefficient (Wildman–Crippen LogP) is 1.71. The molecule has 4 atom stereocenters. The first-order valence-corrected chi connectivity index (χ1v) is 13.2. The van der Waals surface area contributed by atoms with Gasteiger partial charge in [-0.2, -0.15) is 0 Å². The van der Waals surface area contributed by atoms with E-state index in [-0.39, 0.29) is 11.4 Å². The number of aromatic nitrogens is 3. The fourth-order valence-corrected chi connectivity index (χ4v) is 6.27. The van der Waals surface area contributed by atoms with Crippen molar-refractivity contribution in [3.05, 3.63) is 18.6 Å². The molecule has 5 rings (SSSR count). The Balaban J connectivity index is 1.48. The molecule has 0 aliphatic carbocycles. The number of carbonyl (C=O) groups is 3. The Labute approximate surface area is 221 Å². The number of nitrogens with one attached hydrogen (secondary N) is 1. The molecule has 3 aliphatic rings. The molecule has 3 fully saturated rings. The molecule has 1 amide bonds. The second-order valence-corrected chi connectivity index (χ2v) is 10.7. The zero-order valence-corrected chi connectivity index (χ0v) is 22.4. The SMILES string of the molecule is CC(=O)Nc1ncnc2c1ccn2[C@@H]1O[C@H](CN2CCCC23CCN(C)CC3)[C@@H](OC(C)=O)[C@H]1OC(C)=O. The third-order valence-corrected chi connectivity index (χ3v) is 8.03. The van der Waals surface area contributed by atoms with Crippen LogP contribution in [0.1, 0.15) is 52.7 Å². The molecule has 1 spiro atoms. The highest BCUT2D eigenvalue weighted by Gasteiger charge is 2.53. The molecule has 0 saturated carbocycles. The summed E-state index contributed by atoms with van der Waals surface area (Å²) in [5, 5.41) is 3.33. The van der Waals surface area contributed by atoms with E-state index in [2.05, 4.69) is 32.1 Å². The lowest BCUT2D eigenvalue weighted by atomic mass is 9.85. The molecule has 0 bridgehead atoms. The quantitative estimate of drug-likeness (QED) is 0.554. The summed E-state index contributed by atoms with van der Waals surface area (Å²) in [5.74, 6) is -0.849. The van der Waals surface area contributed by atoms with Gasteiger partial charge in [0.15, 0.2) is 18.4 Å². The molecule has 2 aromatic heterocycles. The van der Waals surface area contributed by atoms with Crippen LogP contribution in [0.25, 0.3) is 11.0 Å². The topological polar surface area (TPSA) is 128 Å². The zero-order valence-electron chi connectivity index (χ0n) is 22.4. The van der Waals surface area contributed by atoms with Crippen molar-refractivity contribution in [3.8, 4) is 0 Å². The number of ether oxygens (including phenoxy) is 3. The summed E-state index contributed by atoms with van der Waals surface area (Å²) < 4.78 is 19.9.